The predicted octanol–water partition coefficient (Wildman–Crippen LogP) is 2.74. The summed E-state index contributed by atoms with van der Waals surface area (Å²) in [7, 11) is 0. The molecule has 3 unspecified atom stereocenters. The molecule has 2 aromatic rings. The van der Waals surface area contributed by atoms with Crippen LogP contribution >= 0.6 is 0 Å². The molecular formula is C18H21NO. The molecule has 104 valence electrons. The van der Waals surface area contributed by atoms with Gasteiger partial charge >= 0.3 is 0 Å². The number of aliphatic hydroxyl groups excluding tert-OH is 1. The van der Waals surface area contributed by atoms with Crippen molar-refractivity contribution in [3.8, 4) is 0 Å². The Balaban J connectivity index is 1.82. The molecule has 2 heteroatoms. The minimum absolute atomic E-state index is 0.00829. The van der Waals surface area contributed by atoms with Crippen LogP contribution in [0.1, 0.15) is 34.1 Å². The second-order valence-corrected chi connectivity index (χ2v) is 5.75. The van der Waals surface area contributed by atoms with Gasteiger partial charge in [-0.2, -0.15) is 0 Å². The molecule has 0 amide bonds. The molecule has 1 aliphatic rings. The van der Waals surface area contributed by atoms with Crippen molar-refractivity contribution in [2.45, 2.75) is 31.3 Å². The molecule has 0 fully saturated rings. The fourth-order valence-electron chi connectivity index (χ4n) is 3.17. The maximum absolute atomic E-state index is 10.7. The number of benzene rings is 2. The highest BCUT2D eigenvalue weighted by Gasteiger charge is 2.36. The van der Waals surface area contributed by atoms with Crippen molar-refractivity contribution < 1.29 is 5.11 Å². The van der Waals surface area contributed by atoms with Gasteiger partial charge in [0.15, 0.2) is 0 Å². The van der Waals surface area contributed by atoms with E-state index in [1.807, 2.05) is 6.07 Å². The first-order valence-electron chi connectivity index (χ1n) is 7.23. The summed E-state index contributed by atoms with van der Waals surface area (Å²) in [6.07, 6.45) is 0.553. The highest BCUT2D eigenvalue weighted by molar-refractivity contribution is 5.42. The largest absolute Gasteiger partial charge is 0.392 e. The highest BCUT2D eigenvalue weighted by atomic mass is 16.3. The standard InChI is InChI=1S/C18H21NO/c1-12-6-8-13(9-7-12)17(11-19)18(20)16-10-14-4-2-3-5-15(14)16/h2-9,16-18,20H,10-11,19H2,1H3. The zero-order chi connectivity index (χ0) is 14.1. The van der Waals surface area contributed by atoms with E-state index in [0.717, 1.165) is 12.0 Å². The van der Waals surface area contributed by atoms with Crippen molar-refractivity contribution in [3.63, 3.8) is 0 Å². The minimum atomic E-state index is -0.405. The number of fused-ring (bicyclic) bond motifs is 1. The van der Waals surface area contributed by atoms with Crippen LogP contribution < -0.4 is 5.73 Å². The Morgan fingerprint density at radius 1 is 1.15 bits per heavy atom. The van der Waals surface area contributed by atoms with E-state index < -0.39 is 6.10 Å². The summed E-state index contributed by atoms with van der Waals surface area (Å²) in [6, 6.07) is 16.7. The summed E-state index contributed by atoms with van der Waals surface area (Å²) in [5.41, 5.74) is 10.9. The zero-order valence-electron chi connectivity index (χ0n) is 11.8. The Bertz CT molecular complexity index is 591. The van der Waals surface area contributed by atoms with Gasteiger partial charge in [-0.3, -0.25) is 0 Å². The molecule has 0 aliphatic heterocycles. The van der Waals surface area contributed by atoms with E-state index in [2.05, 4.69) is 49.4 Å². The molecule has 3 N–H and O–H groups in total. The lowest BCUT2D eigenvalue weighted by Crippen LogP contribution is -2.36. The van der Waals surface area contributed by atoms with Gasteiger partial charge < -0.3 is 10.8 Å². The van der Waals surface area contributed by atoms with E-state index in [1.165, 1.54) is 16.7 Å². The van der Waals surface area contributed by atoms with E-state index >= 15 is 0 Å². The van der Waals surface area contributed by atoms with Crippen molar-refractivity contribution in [1.82, 2.24) is 0 Å². The average molecular weight is 267 g/mol. The summed E-state index contributed by atoms with van der Waals surface area (Å²) in [5.74, 6) is 0.231. The van der Waals surface area contributed by atoms with Gasteiger partial charge in [-0.05, 0) is 30.0 Å². The quantitative estimate of drug-likeness (QED) is 0.894. The monoisotopic (exact) mass is 267 g/mol. The van der Waals surface area contributed by atoms with E-state index in [1.54, 1.807) is 0 Å². The Hall–Kier alpha value is -1.64. The van der Waals surface area contributed by atoms with Gasteiger partial charge in [-0.1, -0.05) is 54.1 Å². The molecule has 0 spiro atoms. The number of nitrogens with two attached hydrogens (primary N) is 1. The first-order chi connectivity index (χ1) is 9.70. The van der Waals surface area contributed by atoms with Gasteiger partial charge in [-0.15, -0.1) is 0 Å². The summed E-state index contributed by atoms with van der Waals surface area (Å²) < 4.78 is 0. The Labute approximate surface area is 120 Å². The molecule has 1 aliphatic carbocycles. The summed E-state index contributed by atoms with van der Waals surface area (Å²) in [5, 5.41) is 10.7. The van der Waals surface area contributed by atoms with Crippen LogP contribution in [0.4, 0.5) is 0 Å². The van der Waals surface area contributed by atoms with Crippen molar-refractivity contribution in [3.05, 3.63) is 70.8 Å². The van der Waals surface area contributed by atoms with Crippen LogP contribution in [-0.2, 0) is 6.42 Å². The SMILES string of the molecule is Cc1ccc(C(CN)C(O)C2Cc3ccccc32)cc1. The van der Waals surface area contributed by atoms with Crippen LogP contribution in [0.25, 0.3) is 0 Å². The second-order valence-electron chi connectivity index (χ2n) is 5.75. The van der Waals surface area contributed by atoms with Gasteiger partial charge in [0.1, 0.15) is 0 Å². The molecule has 0 bridgehead atoms. The lowest BCUT2D eigenvalue weighted by atomic mass is 9.70. The van der Waals surface area contributed by atoms with Crippen molar-refractivity contribution in [2.24, 2.45) is 5.73 Å². The van der Waals surface area contributed by atoms with Crippen molar-refractivity contribution in [1.29, 1.82) is 0 Å². The third-order valence-electron chi connectivity index (χ3n) is 4.48. The smallest absolute Gasteiger partial charge is 0.0692 e. The van der Waals surface area contributed by atoms with E-state index in [0.29, 0.717) is 6.54 Å². The number of hydrogen-bond donors (Lipinski definition) is 2. The van der Waals surface area contributed by atoms with Crippen molar-refractivity contribution >= 4 is 0 Å². The lowest BCUT2D eigenvalue weighted by molar-refractivity contribution is 0.106. The maximum atomic E-state index is 10.7. The number of aliphatic hydroxyl groups is 1. The van der Waals surface area contributed by atoms with Crippen molar-refractivity contribution in [2.75, 3.05) is 6.54 Å². The molecular weight excluding hydrogens is 246 g/mol. The number of rotatable bonds is 4. The second kappa shape index (κ2) is 5.39. The molecule has 3 rings (SSSR count). The summed E-state index contributed by atoms with van der Waals surface area (Å²) in [6.45, 7) is 2.54. The molecule has 2 aromatic carbocycles. The normalized spacial score (nSPS) is 19.9. The van der Waals surface area contributed by atoms with Crippen LogP contribution in [0.2, 0.25) is 0 Å². The van der Waals surface area contributed by atoms with Crippen LogP contribution in [-0.4, -0.2) is 17.8 Å². The molecule has 2 nitrogen and oxygen atoms in total. The minimum Gasteiger partial charge on any atom is -0.392 e. The topological polar surface area (TPSA) is 46.2 Å². The van der Waals surface area contributed by atoms with E-state index in [-0.39, 0.29) is 11.8 Å². The predicted molar refractivity (Wildman–Crippen MR) is 81.9 cm³/mol. The molecule has 0 heterocycles. The average Bonchev–Trinajstić information content (AvgIpc) is 2.43. The van der Waals surface area contributed by atoms with Crippen LogP contribution in [0.3, 0.4) is 0 Å². The summed E-state index contributed by atoms with van der Waals surface area (Å²) in [4.78, 5) is 0. The fourth-order valence-corrected chi connectivity index (χ4v) is 3.17. The van der Waals surface area contributed by atoms with Gasteiger partial charge in [0, 0.05) is 18.4 Å². The molecule has 0 saturated heterocycles. The van der Waals surface area contributed by atoms with Crippen LogP contribution in [0.15, 0.2) is 48.5 Å². The zero-order valence-corrected chi connectivity index (χ0v) is 11.8. The van der Waals surface area contributed by atoms with Crippen LogP contribution in [0.5, 0.6) is 0 Å². The first-order valence-corrected chi connectivity index (χ1v) is 7.23. The number of hydrogen-bond acceptors (Lipinski definition) is 2. The molecule has 0 saturated carbocycles. The molecule has 3 atom stereocenters. The van der Waals surface area contributed by atoms with Gasteiger partial charge in [0.2, 0.25) is 0 Å². The summed E-state index contributed by atoms with van der Waals surface area (Å²) >= 11 is 0. The lowest BCUT2D eigenvalue weighted by Gasteiger charge is -2.37. The molecule has 20 heavy (non-hydrogen) atoms. The van der Waals surface area contributed by atoms with Gasteiger partial charge in [-0.25, -0.2) is 0 Å². The fraction of sp³-hybridized carbons (Fsp3) is 0.333. The Morgan fingerprint density at radius 2 is 1.85 bits per heavy atom. The first kappa shape index (κ1) is 13.3. The maximum Gasteiger partial charge on any atom is 0.0692 e. The van der Waals surface area contributed by atoms with Gasteiger partial charge in [0.25, 0.3) is 0 Å². The van der Waals surface area contributed by atoms with Crippen LogP contribution in [0, 0.1) is 6.92 Å². The molecule has 0 aromatic heterocycles. The molecule has 0 radical (unpaired) electrons. The van der Waals surface area contributed by atoms with E-state index in [9.17, 15) is 5.11 Å². The third-order valence-corrected chi connectivity index (χ3v) is 4.48. The van der Waals surface area contributed by atoms with Gasteiger partial charge in [0.05, 0.1) is 6.10 Å². The van der Waals surface area contributed by atoms with E-state index in [4.69, 9.17) is 5.73 Å². The highest BCUT2D eigenvalue weighted by Crippen LogP contribution is 2.41. The Kier molecular flexibility index (Phi) is 3.60. The Morgan fingerprint density at radius 3 is 2.50 bits per heavy atom. The third kappa shape index (κ3) is 2.26. The number of aryl methyl sites for hydroxylation is 1.